The van der Waals surface area contributed by atoms with E-state index in [9.17, 15) is 9.18 Å². The molecular formula is C19H20FN6O7P. The summed E-state index contributed by atoms with van der Waals surface area (Å²) in [6.07, 6.45) is 2.47. The molecule has 1 saturated carbocycles. The second-order valence-corrected chi connectivity index (χ2v) is 8.60. The van der Waals surface area contributed by atoms with E-state index in [1.54, 1.807) is 35.3 Å². The first-order valence-corrected chi connectivity index (χ1v) is 11.6. The SMILES string of the molecule is O=C1O[C@@H](CO)CN1c1ccc(-c2ccc(-c3nnn(C4CC4)n3)nc2)c(F)c1.O=P(O)(O)O. The van der Waals surface area contributed by atoms with E-state index in [-0.39, 0.29) is 13.2 Å². The number of tetrazole rings is 1. The fourth-order valence-electron chi connectivity index (χ4n) is 3.21. The molecule has 2 aliphatic rings. The lowest BCUT2D eigenvalue weighted by molar-refractivity contribution is 0.0963. The van der Waals surface area contributed by atoms with Gasteiger partial charge in [-0.25, -0.2) is 13.8 Å². The molecule has 0 bridgehead atoms. The maximum atomic E-state index is 14.7. The van der Waals surface area contributed by atoms with Gasteiger partial charge in [0.2, 0.25) is 5.82 Å². The molecule has 0 spiro atoms. The van der Waals surface area contributed by atoms with Gasteiger partial charge >= 0.3 is 13.9 Å². The topological polar surface area (TPSA) is 184 Å². The van der Waals surface area contributed by atoms with E-state index in [2.05, 4.69) is 20.4 Å². The Bertz CT molecular complexity index is 1220. The number of cyclic esters (lactones) is 1. The smallest absolute Gasteiger partial charge is 0.441 e. The van der Waals surface area contributed by atoms with Crippen LogP contribution in [0.1, 0.15) is 18.9 Å². The minimum atomic E-state index is -4.64. The number of anilines is 1. The molecule has 1 aromatic carbocycles. The molecular weight excluding hydrogens is 474 g/mol. The monoisotopic (exact) mass is 494 g/mol. The number of nitrogens with zero attached hydrogens (tertiary/aromatic N) is 6. The summed E-state index contributed by atoms with van der Waals surface area (Å²) in [7, 11) is -4.64. The van der Waals surface area contributed by atoms with Gasteiger partial charge in [0, 0.05) is 17.3 Å². The summed E-state index contributed by atoms with van der Waals surface area (Å²) in [5, 5.41) is 21.5. The van der Waals surface area contributed by atoms with Gasteiger partial charge in [0.15, 0.2) is 0 Å². The number of ether oxygens (including phenoxy) is 1. The number of pyridine rings is 1. The highest BCUT2D eigenvalue weighted by molar-refractivity contribution is 7.45. The molecule has 0 radical (unpaired) electrons. The quantitative estimate of drug-likeness (QED) is 0.375. The van der Waals surface area contributed by atoms with Crippen molar-refractivity contribution in [2.75, 3.05) is 18.1 Å². The molecule has 2 fully saturated rings. The number of benzene rings is 1. The highest BCUT2D eigenvalue weighted by Gasteiger charge is 2.32. The number of carbonyl (C=O) groups excluding carboxylic acids is 1. The van der Waals surface area contributed by atoms with Crippen LogP contribution >= 0.6 is 7.82 Å². The summed E-state index contributed by atoms with van der Waals surface area (Å²) in [6, 6.07) is 8.29. The van der Waals surface area contributed by atoms with Crippen molar-refractivity contribution in [3.05, 3.63) is 42.3 Å². The predicted molar refractivity (Wildman–Crippen MR) is 114 cm³/mol. The highest BCUT2D eigenvalue weighted by atomic mass is 31.2. The Morgan fingerprint density at radius 1 is 1.18 bits per heavy atom. The third-order valence-corrected chi connectivity index (χ3v) is 4.95. The number of hydrogen-bond acceptors (Lipinski definition) is 8. The van der Waals surface area contributed by atoms with E-state index in [0.29, 0.717) is 34.4 Å². The number of halogens is 1. The van der Waals surface area contributed by atoms with Crippen molar-refractivity contribution in [1.29, 1.82) is 0 Å². The van der Waals surface area contributed by atoms with Crippen molar-refractivity contribution in [1.82, 2.24) is 25.2 Å². The summed E-state index contributed by atoms with van der Waals surface area (Å²) in [5.41, 5.74) is 1.88. The van der Waals surface area contributed by atoms with Gasteiger partial charge in [-0.1, -0.05) is 6.07 Å². The average molecular weight is 494 g/mol. The van der Waals surface area contributed by atoms with E-state index >= 15 is 0 Å². The van der Waals surface area contributed by atoms with Crippen LogP contribution in [0.25, 0.3) is 22.6 Å². The van der Waals surface area contributed by atoms with Crippen LogP contribution in [-0.4, -0.2) is 70.3 Å². The third-order valence-electron chi connectivity index (χ3n) is 4.95. The van der Waals surface area contributed by atoms with Gasteiger partial charge in [-0.05, 0) is 42.3 Å². The minimum Gasteiger partial charge on any atom is -0.441 e. The van der Waals surface area contributed by atoms with Crippen LogP contribution in [0.4, 0.5) is 14.9 Å². The van der Waals surface area contributed by atoms with Crippen molar-refractivity contribution >= 4 is 19.6 Å². The maximum absolute atomic E-state index is 14.7. The highest BCUT2D eigenvalue weighted by Crippen LogP contribution is 2.33. The number of phosphoric acid groups is 1. The normalized spacial score (nSPS) is 17.9. The standard InChI is InChI=1S/C19H17FN6O3.H3O4P/c20-16-7-13(25-9-14(10-27)29-19(25)28)4-5-15(16)11-1-6-17(21-8-11)18-22-24-26(23-18)12-2-3-12;1-5(2,3)4/h1,4-8,12,14,27H,2-3,9-10H2;(H3,1,2,3,4)/t14-;/m1./s1. The van der Waals surface area contributed by atoms with Crippen LogP contribution in [0.2, 0.25) is 0 Å². The summed E-state index contributed by atoms with van der Waals surface area (Å²) in [4.78, 5) is 40.7. The molecule has 1 aliphatic carbocycles. The third kappa shape index (κ3) is 5.79. The number of hydrogen-bond donors (Lipinski definition) is 4. The fraction of sp³-hybridized carbons (Fsp3) is 0.316. The molecule has 3 heterocycles. The Hall–Kier alpha value is -3.29. The number of rotatable bonds is 5. The van der Waals surface area contributed by atoms with Gasteiger partial charge in [-0.2, -0.15) is 4.80 Å². The summed E-state index contributed by atoms with van der Waals surface area (Å²) < 4.78 is 28.6. The summed E-state index contributed by atoms with van der Waals surface area (Å²) >= 11 is 0. The van der Waals surface area contributed by atoms with E-state index in [4.69, 9.17) is 29.1 Å². The minimum absolute atomic E-state index is 0.179. The molecule has 180 valence electrons. The molecule has 5 rings (SSSR count). The van der Waals surface area contributed by atoms with Crippen LogP contribution in [-0.2, 0) is 9.30 Å². The number of aromatic nitrogens is 5. The first-order valence-electron chi connectivity index (χ1n) is 10.1. The van der Waals surface area contributed by atoms with Gasteiger partial charge in [0.1, 0.15) is 17.6 Å². The van der Waals surface area contributed by atoms with Crippen molar-refractivity contribution in [3.8, 4) is 22.6 Å². The molecule has 34 heavy (non-hydrogen) atoms. The zero-order valence-electron chi connectivity index (χ0n) is 17.5. The lowest BCUT2D eigenvalue weighted by Crippen LogP contribution is -2.25. The van der Waals surface area contributed by atoms with Crippen LogP contribution in [0.15, 0.2) is 36.5 Å². The zero-order chi connectivity index (χ0) is 24.5. The predicted octanol–water partition coefficient (Wildman–Crippen LogP) is 1.27. The van der Waals surface area contributed by atoms with Crippen molar-refractivity contribution in [2.45, 2.75) is 25.0 Å². The second kappa shape index (κ2) is 9.52. The lowest BCUT2D eigenvalue weighted by atomic mass is 10.1. The Labute approximate surface area is 191 Å². The van der Waals surface area contributed by atoms with E-state index in [1.165, 1.54) is 11.0 Å². The van der Waals surface area contributed by atoms with Crippen LogP contribution in [0.5, 0.6) is 0 Å². The van der Waals surface area contributed by atoms with Crippen molar-refractivity contribution < 1.29 is 38.3 Å². The summed E-state index contributed by atoms with van der Waals surface area (Å²) in [5.74, 6) is -0.0552. The fourth-order valence-corrected chi connectivity index (χ4v) is 3.21. The first kappa shape index (κ1) is 23.9. The number of aliphatic hydroxyl groups excluding tert-OH is 1. The summed E-state index contributed by atoms with van der Waals surface area (Å²) in [6.45, 7) is -0.0942. The van der Waals surface area contributed by atoms with Crippen LogP contribution < -0.4 is 4.90 Å². The molecule has 4 N–H and O–H groups in total. The first-order chi connectivity index (χ1) is 16.1. The van der Waals surface area contributed by atoms with Gasteiger partial charge < -0.3 is 24.5 Å². The molecule has 1 amide bonds. The molecule has 2 aromatic heterocycles. The van der Waals surface area contributed by atoms with Crippen LogP contribution in [0.3, 0.4) is 0 Å². The van der Waals surface area contributed by atoms with Gasteiger partial charge in [-0.15, -0.1) is 10.2 Å². The van der Waals surface area contributed by atoms with E-state index < -0.39 is 25.8 Å². The average Bonchev–Trinajstić information content (AvgIpc) is 3.38. The molecule has 3 aromatic rings. The Morgan fingerprint density at radius 2 is 1.91 bits per heavy atom. The zero-order valence-corrected chi connectivity index (χ0v) is 18.4. The molecule has 1 atom stereocenters. The number of aliphatic hydroxyl groups is 1. The Morgan fingerprint density at radius 3 is 2.47 bits per heavy atom. The maximum Gasteiger partial charge on any atom is 0.466 e. The molecule has 1 aliphatic heterocycles. The lowest BCUT2D eigenvalue weighted by Gasteiger charge is -2.14. The Kier molecular flexibility index (Phi) is 6.68. The van der Waals surface area contributed by atoms with Crippen molar-refractivity contribution in [3.63, 3.8) is 0 Å². The molecule has 15 heteroatoms. The van der Waals surface area contributed by atoms with Crippen LogP contribution in [0, 0.1) is 5.82 Å². The van der Waals surface area contributed by atoms with Gasteiger partial charge in [0.05, 0.1) is 24.9 Å². The van der Waals surface area contributed by atoms with Gasteiger partial charge in [-0.3, -0.25) is 9.88 Å². The molecule has 13 nitrogen and oxygen atoms in total. The van der Waals surface area contributed by atoms with Gasteiger partial charge in [0.25, 0.3) is 0 Å². The van der Waals surface area contributed by atoms with E-state index in [1.807, 2.05) is 0 Å². The molecule has 0 unspecified atom stereocenters. The molecule has 1 saturated heterocycles. The van der Waals surface area contributed by atoms with E-state index in [0.717, 1.165) is 12.8 Å². The number of amides is 1. The number of carbonyl (C=O) groups is 1. The largest absolute Gasteiger partial charge is 0.466 e. The Balaban J connectivity index is 0.000000499. The van der Waals surface area contributed by atoms with Crippen molar-refractivity contribution in [2.24, 2.45) is 0 Å². The second-order valence-electron chi connectivity index (χ2n) is 7.57.